The lowest BCUT2D eigenvalue weighted by atomic mass is 10.4. The highest BCUT2D eigenvalue weighted by Gasteiger charge is 2.07. The molecule has 0 saturated heterocycles. The third-order valence-corrected chi connectivity index (χ3v) is 1.24. The van der Waals surface area contributed by atoms with Gasteiger partial charge in [-0.15, -0.1) is 11.6 Å². The van der Waals surface area contributed by atoms with Crippen molar-refractivity contribution in [2.45, 2.75) is 18.6 Å². The molecule has 0 fully saturated rings. The van der Waals surface area contributed by atoms with Crippen LogP contribution in [0.4, 0.5) is 4.39 Å². The van der Waals surface area contributed by atoms with Gasteiger partial charge >= 0.3 is 0 Å². The second-order valence-corrected chi connectivity index (χ2v) is 1.84. The molecule has 0 aromatic heterocycles. The Bertz CT molecular complexity index is 49.0. The number of rotatable bonds is 2. The van der Waals surface area contributed by atoms with Crippen molar-refractivity contribution in [2.75, 3.05) is 7.05 Å². The first-order chi connectivity index (χ1) is 3.18. The summed E-state index contributed by atoms with van der Waals surface area (Å²) < 4.78 is 11.9. The van der Waals surface area contributed by atoms with Crippen LogP contribution in [0.25, 0.3) is 0 Å². The van der Waals surface area contributed by atoms with Crippen molar-refractivity contribution in [3.63, 3.8) is 0 Å². The SMILES string of the molecule is CN[C@H](Cl)C(C)F. The fourth-order valence-corrected chi connectivity index (χ4v) is 0.230. The molecule has 0 radical (unpaired) electrons. The van der Waals surface area contributed by atoms with Crippen LogP contribution < -0.4 is 5.32 Å². The van der Waals surface area contributed by atoms with E-state index in [-0.39, 0.29) is 0 Å². The van der Waals surface area contributed by atoms with Crippen molar-refractivity contribution < 1.29 is 4.39 Å². The van der Waals surface area contributed by atoms with Gasteiger partial charge in [0, 0.05) is 0 Å². The van der Waals surface area contributed by atoms with E-state index in [4.69, 9.17) is 11.6 Å². The maximum Gasteiger partial charge on any atom is 0.126 e. The highest BCUT2D eigenvalue weighted by atomic mass is 35.5. The third kappa shape index (κ3) is 2.83. The predicted octanol–water partition coefficient (Wildman–Crippen LogP) is 1.13. The topological polar surface area (TPSA) is 12.0 Å². The van der Waals surface area contributed by atoms with E-state index in [1.54, 1.807) is 7.05 Å². The van der Waals surface area contributed by atoms with Crippen LogP contribution in [0.1, 0.15) is 6.92 Å². The molecule has 0 spiro atoms. The van der Waals surface area contributed by atoms with Gasteiger partial charge in [-0.05, 0) is 14.0 Å². The molecule has 44 valence electrons. The summed E-state index contributed by atoms with van der Waals surface area (Å²) in [4.78, 5) is 0. The summed E-state index contributed by atoms with van der Waals surface area (Å²) in [5.41, 5.74) is -0.542. The summed E-state index contributed by atoms with van der Waals surface area (Å²) in [7, 11) is 1.62. The first-order valence-electron chi connectivity index (χ1n) is 2.14. The smallest absolute Gasteiger partial charge is 0.126 e. The first-order valence-corrected chi connectivity index (χ1v) is 2.57. The standard InChI is InChI=1S/C4H9ClFN/c1-3(6)4(5)7-2/h3-4,7H,1-2H3/t3?,4-/m0/s1. The summed E-state index contributed by atoms with van der Waals surface area (Å²) >= 11 is 5.31. The number of halogens is 2. The van der Waals surface area contributed by atoms with Crippen molar-refractivity contribution >= 4 is 11.6 Å². The average Bonchev–Trinajstić information content (AvgIpc) is 1.65. The predicted molar refractivity (Wildman–Crippen MR) is 29.3 cm³/mol. The van der Waals surface area contributed by atoms with Gasteiger partial charge in [0.1, 0.15) is 11.7 Å². The molecule has 0 aromatic carbocycles. The van der Waals surface area contributed by atoms with Crippen LogP contribution >= 0.6 is 11.6 Å². The van der Waals surface area contributed by atoms with Gasteiger partial charge in [0.2, 0.25) is 0 Å². The van der Waals surface area contributed by atoms with Crippen molar-refractivity contribution in [1.82, 2.24) is 5.32 Å². The minimum absolute atomic E-state index is 0.542. The summed E-state index contributed by atoms with van der Waals surface area (Å²) in [5, 5.41) is 2.55. The van der Waals surface area contributed by atoms with E-state index in [0.717, 1.165) is 0 Å². The van der Waals surface area contributed by atoms with Gasteiger partial charge in [0.25, 0.3) is 0 Å². The Morgan fingerprint density at radius 2 is 2.14 bits per heavy atom. The number of nitrogens with one attached hydrogen (secondary N) is 1. The van der Waals surface area contributed by atoms with Crippen molar-refractivity contribution in [3.05, 3.63) is 0 Å². The lowest BCUT2D eigenvalue weighted by molar-refractivity contribution is 0.330. The monoisotopic (exact) mass is 125 g/mol. The fraction of sp³-hybridized carbons (Fsp3) is 1.00. The molecule has 2 atom stereocenters. The molecule has 1 unspecified atom stereocenters. The Labute approximate surface area is 47.9 Å². The van der Waals surface area contributed by atoms with Crippen LogP contribution in [0.5, 0.6) is 0 Å². The van der Waals surface area contributed by atoms with Crippen molar-refractivity contribution in [1.29, 1.82) is 0 Å². The molecule has 0 saturated carbocycles. The van der Waals surface area contributed by atoms with Crippen LogP contribution in [0.3, 0.4) is 0 Å². The molecule has 0 aliphatic carbocycles. The first kappa shape index (κ1) is 7.18. The van der Waals surface area contributed by atoms with E-state index in [1.807, 2.05) is 0 Å². The summed E-state index contributed by atoms with van der Waals surface area (Å²) in [5.74, 6) is 0. The van der Waals surface area contributed by atoms with Crippen LogP contribution in [0.15, 0.2) is 0 Å². The van der Waals surface area contributed by atoms with E-state index in [9.17, 15) is 4.39 Å². The average molecular weight is 126 g/mol. The summed E-state index contributed by atoms with van der Waals surface area (Å²) in [6.45, 7) is 1.41. The molecule has 0 heterocycles. The van der Waals surface area contributed by atoms with Gasteiger partial charge in [0.05, 0.1) is 0 Å². The quantitative estimate of drug-likeness (QED) is 0.431. The van der Waals surface area contributed by atoms with Crippen LogP contribution in [-0.2, 0) is 0 Å². The molecule has 1 N–H and O–H groups in total. The third-order valence-electron chi connectivity index (χ3n) is 0.679. The summed E-state index contributed by atoms with van der Waals surface area (Å²) in [6.07, 6.45) is -0.980. The van der Waals surface area contributed by atoms with Crippen LogP contribution in [0.2, 0.25) is 0 Å². The van der Waals surface area contributed by atoms with Gasteiger partial charge < -0.3 is 5.32 Å². The lowest BCUT2D eigenvalue weighted by Crippen LogP contribution is -2.26. The number of hydrogen-bond acceptors (Lipinski definition) is 1. The summed E-state index contributed by atoms with van der Waals surface area (Å²) in [6, 6.07) is 0. The molecule has 0 aliphatic rings. The van der Waals surface area contributed by atoms with E-state index < -0.39 is 11.7 Å². The molecule has 1 nitrogen and oxygen atoms in total. The van der Waals surface area contributed by atoms with E-state index in [1.165, 1.54) is 6.92 Å². The van der Waals surface area contributed by atoms with Gasteiger partial charge in [0.15, 0.2) is 0 Å². The second kappa shape index (κ2) is 3.22. The zero-order valence-corrected chi connectivity index (χ0v) is 5.17. The van der Waals surface area contributed by atoms with E-state index in [0.29, 0.717) is 0 Å². The highest BCUT2D eigenvalue weighted by molar-refractivity contribution is 6.20. The lowest BCUT2D eigenvalue weighted by Gasteiger charge is -2.06. The normalized spacial score (nSPS) is 18.9. The Morgan fingerprint density at radius 1 is 1.71 bits per heavy atom. The highest BCUT2D eigenvalue weighted by Crippen LogP contribution is 1.99. The molecule has 0 amide bonds. The maximum atomic E-state index is 11.9. The molecule has 3 heteroatoms. The molecular weight excluding hydrogens is 117 g/mol. The Morgan fingerprint density at radius 3 is 2.14 bits per heavy atom. The Hall–Kier alpha value is 0.180. The number of alkyl halides is 2. The molecule has 0 bridgehead atoms. The van der Waals surface area contributed by atoms with Gasteiger partial charge in [-0.25, -0.2) is 4.39 Å². The minimum Gasteiger partial charge on any atom is -0.302 e. The minimum atomic E-state index is -0.980. The zero-order chi connectivity index (χ0) is 5.86. The maximum absolute atomic E-state index is 11.9. The molecular formula is C4H9ClFN. The molecule has 0 aliphatic heterocycles. The Balaban J connectivity index is 3.14. The van der Waals surface area contributed by atoms with E-state index >= 15 is 0 Å². The van der Waals surface area contributed by atoms with Gasteiger partial charge in [-0.2, -0.15) is 0 Å². The largest absolute Gasteiger partial charge is 0.302 e. The van der Waals surface area contributed by atoms with Crippen molar-refractivity contribution in [2.24, 2.45) is 0 Å². The van der Waals surface area contributed by atoms with Crippen LogP contribution in [-0.4, -0.2) is 18.7 Å². The number of hydrogen-bond donors (Lipinski definition) is 1. The van der Waals surface area contributed by atoms with Crippen molar-refractivity contribution in [3.8, 4) is 0 Å². The molecule has 7 heavy (non-hydrogen) atoms. The van der Waals surface area contributed by atoms with Gasteiger partial charge in [-0.3, -0.25) is 0 Å². The van der Waals surface area contributed by atoms with Crippen LogP contribution in [0, 0.1) is 0 Å². The Kier molecular flexibility index (Phi) is 3.30. The zero-order valence-electron chi connectivity index (χ0n) is 4.41. The van der Waals surface area contributed by atoms with E-state index in [2.05, 4.69) is 5.32 Å². The van der Waals surface area contributed by atoms with Gasteiger partial charge in [-0.1, -0.05) is 0 Å². The fourth-order valence-electron chi connectivity index (χ4n) is 0.230. The second-order valence-electron chi connectivity index (χ2n) is 1.37. The molecule has 0 rings (SSSR count). The molecule has 0 aromatic rings.